The highest BCUT2D eigenvalue weighted by atomic mass is 15.3. The third-order valence-electron chi connectivity index (χ3n) is 4.29. The Morgan fingerprint density at radius 2 is 1.91 bits per heavy atom. The van der Waals surface area contributed by atoms with E-state index >= 15 is 0 Å². The summed E-state index contributed by atoms with van der Waals surface area (Å²) in [4.78, 5) is 13.0. The van der Waals surface area contributed by atoms with E-state index < -0.39 is 0 Å². The van der Waals surface area contributed by atoms with E-state index in [9.17, 15) is 5.26 Å². The van der Waals surface area contributed by atoms with Gasteiger partial charge in [-0.2, -0.15) is 10.4 Å². The van der Waals surface area contributed by atoms with E-state index in [1.54, 1.807) is 12.4 Å². The summed E-state index contributed by atoms with van der Waals surface area (Å²) in [7, 11) is 0. The molecule has 0 spiro atoms. The summed E-state index contributed by atoms with van der Waals surface area (Å²) in [5, 5.41) is 14.4. The van der Waals surface area contributed by atoms with Crippen molar-refractivity contribution in [3.63, 3.8) is 0 Å². The largest absolute Gasteiger partial charge is 0.383 e. The number of hydrogen-bond donors (Lipinski definition) is 1. The molecule has 3 aromatic rings. The molecule has 0 aromatic carbocycles. The van der Waals surface area contributed by atoms with E-state index in [-0.39, 0.29) is 6.04 Å². The second-order valence-electron chi connectivity index (χ2n) is 5.71. The Morgan fingerprint density at radius 3 is 2.61 bits per heavy atom. The maximum absolute atomic E-state index is 9.36. The molecule has 1 aliphatic rings. The van der Waals surface area contributed by atoms with Crippen LogP contribution in [0.15, 0.2) is 24.5 Å². The number of anilines is 1. The molecule has 4 rings (SSSR count). The van der Waals surface area contributed by atoms with Crippen LogP contribution in [0.4, 0.5) is 5.82 Å². The Balaban J connectivity index is 1.97. The zero-order chi connectivity index (χ0) is 15.8. The van der Waals surface area contributed by atoms with E-state index in [0.29, 0.717) is 28.4 Å². The van der Waals surface area contributed by atoms with Gasteiger partial charge >= 0.3 is 0 Å². The first kappa shape index (κ1) is 13.6. The lowest BCUT2D eigenvalue weighted by atomic mass is 10.2. The van der Waals surface area contributed by atoms with Crippen LogP contribution < -0.4 is 5.73 Å². The van der Waals surface area contributed by atoms with Crippen molar-refractivity contribution >= 4 is 16.9 Å². The van der Waals surface area contributed by atoms with Gasteiger partial charge in [0.15, 0.2) is 17.2 Å². The average molecular weight is 305 g/mol. The van der Waals surface area contributed by atoms with Crippen molar-refractivity contribution in [2.45, 2.75) is 31.7 Å². The van der Waals surface area contributed by atoms with Gasteiger partial charge in [0.1, 0.15) is 11.9 Å². The number of nitrogen functional groups attached to an aromatic ring is 1. The third-order valence-corrected chi connectivity index (χ3v) is 4.29. The first-order chi connectivity index (χ1) is 11.3. The van der Waals surface area contributed by atoms with Crippen molar-refractivity contribution < 1.29 is 0 Å². The quantitative estimate of drug-likeness (QED) is 0.779. The first-order valence-electron chi connectivity index (χ1n) is 7.64. The third kappa shape index (κ3) is 2.19. The monoisotopic (exact) mass is 305 g/mol. The highest BCUT2D eigenvalue weighted by molar-refractivity contribution is 5.91. The van der Waals surface area contributed by atoms with Gasteiger partial charge in [-0.05, 0) is 25.0 Å². The van der Waals surface area contributed by atoms with Crippen LogP contribution in [0, 0.1) is 11.3 Å². The van der Waals surface area contributed by atoms with Crippen molar-refractivity contribution in [2.24, 2.45) is 0 Å². The number of nitrogens with two attached hydrogens (primary N) is 1. The lowest BCUT2D eigenvalue weighted by Gasteiger charge is -2.11. The molecule has 3 aromatic heterocycles. The van der Waals surface area contributed by atoms with Gasteiger partial charge in [-0.15, -0.1) is 0 Å². The molecular weight excluding hydrogens is 290 g/mol. The normalized spacial score (nSPS) is 15.1. The van der Waals surface area contributed by atoms with Crippen LogP contribution in [0.25, 0.3) is 22.4 Å². The van der Waals surface area contributed by atoms with E-state index in [1.165, 1.54) is 12.8 Å². The molecule has 1 saturated carbocycles. The standard InChI is InChI=1S/C16H15N7/c17-9-12-13-14(18)20-15(10-5-7-19-8-6-10)21-16(13)23(22-12)11-3-1-2-4-11/h5-8,11H,1-4H2,(H2,18,20,21). The average Bonchev–Trinajstić information content (AvgIpc) is 3.22. The number of pyridine rings is 1. The van der Waals surface area contributed by atoms with Crippen LogP contribution in [0.2, 0.25) is 0 Å². The molecule has 0 radical (unpaired) electrons. The molecule has 23 heavy (non-hydrogen) atoms. The molecule has 0 unspecified atom stereocenters. The summed E-state index contributed by atoms with van der Waals surface area (Å²) >= 11 is 0. The first-order valence-corrected chi connectivity index (χ1v) is 7.64. The summed E-state index contributed by atoms with van der Waals surface area (Å²) in [5.74, 6) is 0.823. The second-order valence-corrected chi connectivity index (χ2v) is 5.71. The Bertz CT molecular complexity index is 902. The molecule has 3 heterocycles. The summed E-state index contributed by atoms with van der Waals surface area (Å²) in [5.41, 5.74) is 7.89. The Hall–Kier alpha value is -3.01. The van der Waals surface area contributed by atoms with Crippen molar-refractivity contribution in [1.82, 2.24) is 24.7 Å². The number of hydrogen-bond acceptors (Lipinski definition) is 6. The Kier molecular flexibility index (Phi) is 3.15. The fourth-order valence-electron chi connectivity index (χ4n) is 3.18. The molecule has 0 amide bonds. The van der Waals surface area contributed by atoms with Gasteiger partial charge in [0.2, 0.25) is 0 Å². The summed E-state index contributed by atoms with van der Waals surface area (Å²) < 4.78 is 1.86. The predicted molar refractivity (Wildman–Crippen MR) is 85.2 cm³/mol. The number of nitriles is 1. The molecule has 114 valence electrons. The number of rotatable bonds is 2. The van der Waals surface area contributed by atoms with Crippen LogP contribution in [0.1, 0.15) is 37.4 Å². The minimum Gasteiger partial charge on any atom is -0.383 e. The van der Waals surface area contributed by atoms with Crippen LogP contribution in [0.5, 0.6) is 0 Å². The Morgan fingerprint density at radius 1 is 1.17 bits per heavy atom. The highest BCUT2D eigenvalue weighted by Crippen LogP contribution is 2.34. The van der Waals surface area contributed by atoms with Crippen LogP contribution in [-0.2, 0) is 0 Å². The van der Waals surface area contributed by atoms with Gasteiger partial charge in [-0.25, -0.2) is 14.6 Å². The molecule has 1 aliphatic carbocycles. The molecule has 2 N–H and O–H groups in total. The maximum Gasteiger partial charge on any atom is 0.175 e. The van der Waals surface area contributed by atoms with E-state index in [1.807, 2.05) is 16.8 Å². The summed E-state index contributed by atoms with van der Waals surface area (Å²) in [6.45, 7) is 0. The van der Waals surface area contributed by atoms with E-state index in [4.69, 9.17) is 5.73 Å². The maximum atomic E-state index is 9.36. The molecule has 0 saturated heterocycles. The smallest absolute Gasteiger partial charge is 0.175 e. The van der Waals surface area contributed by atoms with Crippen LogP contribution >= 0.6 is 0 Å². The zero-order valence-electron chi connectivity index (χ0n) is 12.5. The number of fused-ring (bicyclic) bond motifs is 1. The lowest BCUT2D eigenvalue weighted by molar-refractivity contribution is 0.477. The van der Waals surface area contributed by atoms with Gasteiger partial charge in [0.25, 0.3) is 0 Å². The molecule has 7 heteroatoms. The molecule has 1 fully saturated rings. The zero-order valence-corrected chi connectivity index (χ0v) is 12.5. The topological polar surface area (TPSA) is 106 Å². The molecular formula is C16H15N7. The van der Waals surface area contributed by atoms with Crippen LogP contribution in [-0.4, -0.2) is 24.7 Å². The predicted octanol–water partition coefficient (Wildman–Crippen LogP) is 2.46. The Labute approximate surface area is 132 Å². The van der Waals surface area contributed by atoms with E-state index in [0.717, 1.165) is 18.4 Å². The lowest BCUT2D eigenvalue weighted by Crippen LogP contribution is -2.08. The van der Waals surface area contributed by atoms with Crippen LogP contribution in [0.3, 0.4) is 0 Å². The number of nitrogens with zero attached hydrogens (tertiary/aromatic N) is 6. The van der Waals surface area contributed by atoms with Gasteiger partial charge in [-0.3, -0.25) is 4.98 Å². The van der Waals surface area contributed by atoms with Crippen molar-refractivity contribution in [3.8, 4) is 17.5 Å². The van der Waals surface area contributed by atoms with Crippen molar-refractivity contribution in [2.75, 3.05) is 5.73 Å². The molecule has 0 bridgehead atoms. The summed E-state index contributed by atoms with van der Waals surface area (Å²) in [6.07, 6.45) is 7.83. The molecule has 0 aliphatic heterocycles. The minimum atomic E-state index is 0.277. The SMILES string of the molecule is N#Cc1nn(C2CCCC2)c2nc(-c3ccncc3)nc(N)c12. The van der Waals surface area contributed by atoms with Gasteiger partial charge < -0.3 is 5.73 Å². The minimum absolute atomic E-state index is 0.277. The van der Waals surface area contributed by atoms with Gasteiger partial charge in [-0.1, -0.05) is 12.8 Å². The fourth-order valence-corrected chi connectivity index (χ4v) is 3.18. The summed E-state index contributed by atoms with van der Waals surface area (Å²) in [6, 6.07) is 6.06. The fraction of sp³-hybridized carbons (Fsp3) is 0.312. The van der Waals surface area contributed by atoms with Crippen molar-refractivity contribution in [3.05, 3.63) is 30.2 Å². The number of aromatic nitrogens is 5. The second kappa shape index (κ2) is 5.32. The molecule has 0 atom stereocenters. The highest BCUT2D eigenvalue weighted by Gasteiger charge is 2.24. The van der Waals surface area contributed by atoms with Gasteiger partial charge in [0, 0.05) is 18.0 Å². The molecule has 7 nitrogen and oxygen atoms in total. The van der Waals surface area contributed by atoms with E-state index in [2.05, 4.69) is 26.1 Å². The van der Waals surface area contributed by atoms with Gasteiger partial charge in [0.05, 0.1) is 11.4 Å². The van der Waals surface area contributed by atoms with Crippen molar-refractivity contribution in [1.29, 1.82) is 5.26 Å².